The number of rotatable bonds is 1. The zero-order valence-electron chi connectivity index (χ0n) is 10.3. The van der Waals surface area contributed by atoms with E-state index in [1.54, 1.807) is 4.90 Å². The molecule has 3 nitrogen and oxygen atoms in total. The van der Waals surface area contributed by atoms with Crippen molar-refractivity contribution in [2.75, 3.05) is 13.1 Å². The first-order valence-electron chi connectivity index (χ1n) is 6.58. The van der Waals surface area contributed by atoms with Gasteiger partial charge >= 0.3 is 12.2 Å². The molecule has 2 unspecified atom stereocenters. The van der Waals surface area contributed by atoms with Crippen LogP contribution >= 0.6 is 0 Å². The number of hydrogen-bond acceptors (Lipinski definition) is 1. The van der Waals surface area contributed by atoms with E-state index >= 15 is 0 Å². The van der Waals surface area contributed by atoms with Gasteiger partial charge in [-0.15, -0.1) is 0 Å². The van der Waals surface area contributed by atoms with Crippen LogP contribution in [0.25, 0.3) is 0 Å². The van der Waals surface area contributed by atoms with E-state index in [0.717, 1.165) is 32.1 Å². The first kappa shape index (κ1) is 13.5. The van der Waals surface area contributed by atoms with Crippen molar-refractivity contribution < 1.29 is 18.0 Å². The Bertz CT molecular complexity index is 304. The fraction of sp³-hybridized carbons (Fsp3) is 0.917. The minimum Gasteiger partial charge on any atom is -0.329 e. The molecule has 0 aromatic carbocycles. The second-order valence-corrected chi connectivity index (χ2v) is 5.22. The topological polar surface area (TPSA) is 32.3 Å². The summed E-state index contributed by atoms with van der Waals surface area (Å²) in [7, 11) is 0. The number of nitrogens with one attached hydrogen (secondary N) is 1. The summed E-state index contributed by atoms with van der Waals surface area (Å²) in [6.07, 6.45) is 1.97. The Balaban J connectivity index is 1.91. The largest absolute Gasteiger partial charge is 0.405 e. The highest BCUT2D eigenvalue weighted by atomic mass is 19.4. The van der Waals surface area contributed by atoms with Gasteiger partial charge in [0.15, 0.2) is 0 Å². The van der Waals surface area contributed by atoms with Crippen LogP contribution in [0.3, 0.4) is 0 Å². The van der Waals surface area contributed by atoms with Crippen molar-refractivity contribution >= 4 is 6.03 Å². The summed E-state index contributed by atoms with van der Waals surface area (Å²) in [5.74, 6) is 0.490. The molecule has 0 aromatic rings. The van der Waals surface area contributed by atoms with E-state index in [0.29, 0.717) is 12.5 Å². The second-order valence-electron chi connectivity index (χ2n) is 5.22. The van der Waals surface area contributed by atoms with E-state index in [9.17, 15) is 18.0 Å². The van der Waals surface area contributed by atoms with Gasteiger partial charge in [0, 0.05) is 12.6 Å². The van der Waals surface area contributed by atoms with Crippen LogP contribution in [0.4, 0.5) is 18.0 Å². The van der Waals surface area contributed by atoms with Crippen molar-refractivity contribution in [3.05, 3.63) is 0 Å². The van der Waals surface area contributed by atoms with Crippen molar-refractivity contribution in [2.24, 2.45) is 5.92 Å². The summed E-state index contributed by atoms with van der Waals surface area (Å²) in [5.41, 5.74) is 0. The van der Waals surface area contributed by atoms with Crippen LogP contribution in [0, 0.1) is 5.92 Å². The summed E-state index contributed by atoms with van der Waals surface area (Å²) in [6.45, 7) is -0.648. The lowest BCUT2D eigenvalue weighted by Crippen LogP contribution is -2.54. The van der Waals surface area contributed by atoms with Gasteiger partial charge in [-0.05, 0) is 31.6 Å². The van der Waals surface area contributed by atoms with Gasteiger partial charge in [-0.25, -0.2) is 4.79 Å². The molecule has 1 saturated carbocycles. The van der Waals surface area contributed by atoms with Gasteiger partial charge in [0.25, 0.3) is 0 Å². The zero-order valence-corrected chi connectivity index (χ0v) is 10.3. The quantitative estimate of drug-likeness (QED) is 0.776. The van der Waals surface area contributed by atoms with Crippen LogP contribution in [0.1, 0.15) is 38.5 Å². The Hall–Kier alpha value is -0.940. The normalized spacial score (nSPS) is 28.7. The van der Waals surface area contributed by atoms with Gasteiger partial charge < -0.3 is 10.2 Å². The number of nitrogens with zero attached hydrogens (tertiary/aromatic N) is 1. The average Bonchev–Trinajstić information content (AvgIpc) is 2.34. The lowest BCUT2D eigenvalue weighted by molar-refractivity contribution is -0.123. The summed E-state index contributed by atoms with van der Waals surface area (Å²) in [4.78, 5) is 13.4. The van der Waals surface area contributed by atoms with Crippen LogP contribution in [0.15, 0.2) is 0 Å². The molecule has 2 rings (SSSR count). The molecule has 0 aromatic heterocycles. The maximum absolute atomic E-state index is 12.1. The van der Waals surface area contributed by atoms with Crippen LogP contribution in [0.2, 0.25) is 0 Å². The number of likely N-dealkylation sites (tertiary alicyclic amines) is 1. The number of alkyl halides is 3. The van der Waals surface area contributed by atoms with Crippen molar-refractivity contribution in [3.63, 3.8) is 0 Å². The molecular weight excluding hydrogens is 245 g/mol. The second kappa shape index (κ2) is 5.36. The number of urea groups is 1. The molecule has 104 valence electrons. The van der Waals surface area contributed by atoms with E-state index in [2.05, 4.69) is 0 Å². The number of hydrogen-bond donors (Lipinski definition) is 1. The zero-order chi connectivity index (χ0) is 13.2. The molecule has 2 amide bonds. The predicted molar refractivity (Wildman–Crippen MR) is 61.1 cm³/mol. The molecule has 0 radical (unpaired) electrons. The van der Waals surface area contributed by atoms with Gasteiger partial charge in [-0.2, -0.15) is 13.2 Å². The Kier molecular flexibility index (Phi) is 4.02. The molecule has 1 aliphatic carbocycles. The minimum atomic E-state index is -4.34. The SMILES string of the molecule is O=C(NCC(F)(F)F)N1CCCC2CCCCC21. The fourth-order valence-corrected chi connectivity index (χ4v) is 3.15. The van der Waals surface area contributed by atoms with Crippen molar-refractivity contribution in [3.8, 4) is 0 Å². The highest BCUT2D eigenvalue weighted by Gasteiger charge is 2.37. The monoisotopic (exact) mass is 264 g/mol. The maximum Gasteiger partial charge on any atom is 0.405 e. The average molecular weight is 264 g/mol. The van der Waals surface area contributed by atoms with Gasteiger partial charge in [-0.1, -0.05) is 12.8 Å². The third-order valence-electron chi connectivity index (χ3n) is 3.94. The summed E-state index contributed by atoms with van der Waals surface area (Å²) in [5, 5.41) is 1.99. The lowest BCUT2D eigenvalue weighted by atomic mass is 9.78. The first-order chi connectivity index (χ1) is 8.47. The highest BCUT2D eigenvalue weighted by molar-refractivity contribution is 5.74. The molecule has 0 spiro atoms. The van der Waals surface area contributed by atoms with E-state index < -0.39 is 18.8 Å². The molecule has 6 heteroatoms. The Labute approximate surface area is 105 Å². The van der Waals surface area contributed by atoms with E-state index in [4.69, 9.17) is 0 Å². The maximum atomic E-state index is 12.1. The van der Waals surface area contributed by atoms with Crippen molar-refractivity contribution in [1.82, 2.24) is 10.2 Å². The molecule has 2 atom stereocenters. The molecule has 2 fully saturated rings. The number of carbonyl (C=O) groups is 1. The first-order valence-corrected chi connectivity index (χ1v) is 6.58. The summed E-state index contributed by atoms with van der Waals surface area (Å²) >= 11 is 0. The van der Waals surface area contributed by atoms with Crippen molar-refractivity contribution in [2.45, 2.75) is 50.7 Å². The van der Waals surface area contributed by atoms with E-state index in [1.165, 1.54) is 6.42 Å². The van der Waals surface area contributed by atoms with Crippen LogP contribution in [0.5, 0.6) is 0 Å². The number of carbonyl (C=O) groups excluding carboxylic acids is 1. The number of amides is 2. The third kappa shape index (κ3) is 3.29. The Morgan fingerprint density at radius 3 is 2.56 bits per heavy atom. The van der Waals surface area contributed by atoms with E-state index in [1.807, 2.05) is 5.32 Å². The van der Waals surface area contributed by atoms with Crippen LogP contribution < -0.4 is 5.32 Å². The molecule has 1 aliphatic heterocycles. The smallest absolute Gasteiger partial charge is 0.329 e. The molecule has 2 aliphatic rings. The number of halogens is 3. The fourth-order valence-electron chi connectivity index (χ4n) is 3.15. The van der Waals surface area contributed by atoms with Crippen molar-refractivity contribution in [1.29, 1.82) is 0 Å². The third-order valence-corrected chi connectivity index (χ3v) is 3.94. The van der Waals surface area contributed by atoms with Gasteiger partial charge in [0.05, 0.1) is 0 Å². The van der Waals surface area contributed by atoms with Crippen LogP contribution in [-0.2, 0) is 0 Å². The Morgan fingerprint density at radius 1 is 1.17 bits per heavy atom. The van der Waals surface area contributed by atoms with Gasteiger partial charge in [0.2, 0.25) is 0 Å². The highest BCUT2D eigenvalue weighted by Crippen LogP contribution is 2.35. The minimum absolute atomic E-state index is 0.153. The molecule has 1 heterocycles. The molecule has 1 saturated heterocycles. The van der Waals surface area contributed by atoms with E-state index in [-0.39, 0.29) is 6.04 Å². The lowest BCUT2D eigenvalue weighted by Gasteiger charge is -2.44. The summed E-state index contributed by atoms with van der Waals surface area (Å²) < 4.78 is 36.2. The predicted octanol–water partition coefficient (Wildman–Crippen LogP) is 2.91. The number of fused-ring (bicyclic) bond motifs is 1. The summed E-state index contributed by atoms with van der Waals surface area (Å²) in [6, 6.07) is -0.398. The molecule has 1 N–H and O–H groups in total. The van der Waals surface area contributed by atoms with Gasteiger partial charge in [0.1, 0.15) is 6.54 Å². The molecule has 0 bridgehead atoms. The van der Waals surface area contributed by atoms with Crippen LogP contribution in [-0.4, -0.2) is 36.2 Å². The standard InChI is InChI=1S/C12H19F3N2O/c13-12(14,15)8-16-11(18)17-7-3-5-9-4-1-2-6-10(9)17/h9-10H,1-8H2,(H,16,18). The Morgan fingerprint density at radius 2 is 1.83 bits per heavy atom. The number of piperidine rings is 1. The molecule has 18 heavy (non-hydrogen) atoms. The molecular formula is C12H19F3N2O. The van der Waals surface area contributed by atoms with Gasteiger partial charge in [-0.3, -0.25) is 0 Å².